The Kier molecular flexibility index (Phi) is 2.62. The molecule has 2 unspecified atom stereocenters. The lowest BCUT2D eigenvalue weighted by atomic mass is 9.99. The summed E-state index contributed by atoms with van der Waals surface area (Å²) in [4.78, 5) is 11.0. The highest BCUT2D eigenvalue weighted by molar-refractivity contribution is 5.96. The van der Waals surface area contributed by atoms with Crippen LogP contribution >= 0.6 is 0 Å². The molecule has 0 N–H and O–H groups in total. The highest BCUT2D eigenvalue weighted by atomic mass is 19.3. The van der Waals surface area contributed by atoms with E-state index in [0.717, 1.165) is 12.2 Å². The lowest BCUT2D eigenvalue weighted by molar-refractivity contribution is -0.478. The smallest absolute Gasteiger partial charge is 0.303 e. The summed E-state index contributed by atoms with van der Waals surface area (Å²) < 4.78 is 59.2. The van der Waals surface area contributed by atoms with Crippen LogP contribution in [-0.4, -0.2) is 30.2 Å². The third-order valence-electron chi connectivity index (χ3n) is 2.45. The number of halogens is 4. The third-order valence-corrected chi connectivity index (χ3v) is 2.45. The zero-order chi connectivity index (χ0) is 12.8. The van der Waals surface area contributed by atoms with Crippen LogP contribution in [0.2, 0.25) is 0 Å². The minimum absolute atomic E-state index is 0.121. The van der Waals surface area contributed by atoms with E-state index in [2.05, 4.69) is 9.47 Å². The van der Waals surface area contributed by atoms with Crippen LogP contribution in [0.4, 0.5) is 17.6 Å². The number of carbonyl (C=O) groups excluding carboxylic acids is 1. The lowest BCUT2D eigenvalue weighted by Gasteiger charge is -2.39. The first kappa shape index (κ1) is 12.3. The van der Waals surface area contributed by atoms with E-state index >= 15 is 0 Å². The predicted octanol–water partition coefficient (Wildman–Crippen LogP) is 2.04. The number of hydrogen-bond acceptors (Lipinski definition) is 3. The molecule has 0 saturated carbocycles. The van der Waals surface area contributed by atoms with E-state index in [9.17, 15) is 22.4 Å². The maximum atomic E-state index is 12.8. The average molecular weight is 252 g/mol. The van der Waals surface area contributed by atoms with Crippen molar-refractivity contribution in [2.24, 2.45) is 0 Å². The van der Waals surface area contributed by atoms with E-state index in [4.69, 9.17) is 0 Å². The van der Waals surface area contributed by atoms with Gasteiger partial charge in [-0.15, -0.1) is 0 Å². The van der Waals surface area contributed by atoms with Gasteiger partial charge < -0.3 is 9.47 Å². The molecule has 1 aliphatic heterocycles. The molecule has 0 aromatic heterocycles. The number of rotatable bonds is 1. The molecule has 1 saturated heterocycles. The molecule has 2 atom stereocenters. The van der Waals surface area contributed by atoms with Gasteiger partial charge >= 0.3 is 12.2 Å². The number of allylic oxidation sites excluding steroid dienone is 2. The fraction of sp³-hybridized carbons (Fsp3) is 0.500. The Bertz CT molecular complexity index is 414. The summed E-state index contributed by atoms with van der Waals surface area (Å²) in [7, 11) is 0. The largest absolute Gasteiger partial charge is 0.449 e. The Morgan fingerprint density at radius 2 is 1.71 bits per heavy atom. The van der Waals surface area contributed by atoms with Crippen molar-refractivity contribution in [3.05, 3.63) is 23.8 Å². The maximum Gasteiger partial charge on any atom is 0.449 e. The Morgan fingerprint density at radius 3 is 2.24 bits per heavy atom. The molecule has 0 amide bonds. The Labute approximate surface area is 93.7 Å². The molecule has 0 aromatic carbocycles. The molecule has 3 nitrogen and oxygen atoms in total. The molecule has 0 spiro atoms. The number of carbonyl (C=O) groups is 1. The van der Waals surface area contributed by atoms with Gasteiger partial charge in [0, 0.05) is 5.57 Å². The van der Waals surface area contributed by atoms with Crippen LogP contribution in [0.3, 0.4) is 0 Å². The van der Waals surface area contributed by atoms with E-state index in [0.29, 0.717) is 0 Å². The summed E-state index contributed by atoms with van der Waals surface area (Å²) >= 11 is 0. The van der Waals surface area contributed by atoms with Gasteiger partial charge in [-0.05, 0) is 13.0 Å². The molecule has 17 heavy (non-hydrogen) atoms. The number of ketones is 1. The van der Waals surface area contributed by atoms with Crippen LogP contribution in [0.1, 0.15) is 6.92 Å². The molecule has 1 fully saturated rings. The second-order valence-electron chi connectivity index (χ2n) is 3.74. The molecule has 0 radical (unpaired) electrons. The Hall–Kier alpha value is -1.21. The van der Waals surface area contributed by atoms with Crippen LogP contribution in [0.5, 0.6) is 0 Å². The highest BCUT2D eigenvalue weighted by Gasteiger charge is 2.65. The van der Waals surface area contributed by atoms with E-state index < -0.39 is 24.4 Å². The van der Waals surface area contributed by atoms with Crippen molar-refractivity contribution < 1.29 is 31.8 Å². The van der Waals surface area contributed by atoms with Gasteiger partial charge in [-0.25, -0.2) is 0 Å². The number of fused-ring (bicyclic) bond motifs is 1. The standard InChI is InChI=1S/C10H8F4O3/c1-5(15)6-2-3-7-8(4-6)17-10(13,14)9(11,12)16-7/h2-4,7-8H,1H3. The van der Waals surface area contributed by atoms with Crippen molar-refractivity contribution in [1.29, 1.82) is 0 Å². The van der Waals surface area contributed by atoms with E-state index in [-0.39, 0.29) is 11.4 Å². The van der Waals surface area contributed by atoms with Gasteiger partial charge in [-0.1, -0.05) is 12.2 Å². The first-order valence-corrected chi connectivity index (χ1v) is 4.75. The van der Waals surface area contributed by atoms with Gasteiger partial charge in [0.15, 0.2) is 5.78 Å². The van der Waals surface area contributed by atoms with Crippen molar-refractivity contribution in [3.8, 4) is 0 Å². The topological polar surface area (TPSA) is 35.5 Å². The molecular weight excluding hydrogens is 244 g/mol. The second-order valence-corrected chi connectivity index (χ2v) is 3.74. The summed E-state index contributed by atoms with van der Waals surface area (Å²) in [6.07, 6.45) is -8.72. The van der Waals surface area contributed by atoms with E-state index in [1.54, 1.807) is 0 Å². The zero-order valence-corrected chi connectivity index (χ0v) is 8.62. The lowest BCUT2D eigenvalue weighted by Crippen LogP contribution is -2.57. The van der Waals surface area contributed by atoms with Gasteiger partial charge in [-0.3, -0.25) is 4.79 Å². The summed E-state index contributed by atoms with van der Waals surface area (Å²) in [6.45, 7) is 1.23. The van der Waals surface area contributed by atoms with Crippen molar-refractivity contribution >= 4 is 5.78 Å². The van der Waals surface area contributed by atoms with Crippen LogP contribution in [0, 0.1) is 0 Å². The van der Waals surface area contributed by atoms with Gasteiger partial charge in [-0.2, -0.15) is 17.6 Å². The Balaban J connectivity index is 2.27. The monoisotopic (exact) mass is 252 g/mol. The summed E-state index contributed by atoms with van der Waals surface area (Å²) in [6, 6.07) is 0. The summed E-state index contributed by atoms with van der Waals surface area (Å²) in [5.74, 6) is -0.371. The molecule has 1 heterocycles. The third kappa shape index (κ3) is 2.00. The number of ether oxygens (including phenoxy) is 2. The van der Waals surface area contributed by atoms with Gasteiger partial charge in [0.05, 0.1) is 0 Å². The van der Waals surface area contributed by atoms with Crippen LogP contribution in [0.25, 0.3) is 0 Å². The van der Waals surface area contributed by atoms with E-state index in [1.807, 2.05) is 0 Å². The highest BCUT2D eigenvalue weighted by Crippen LogP contribution is 2.44. The number of hydrogen-bond donors (Lipinski definition) is 0. The average Bonchev–Trinajstić information content (AvgIpc) is 2.17. The SMILES string of the molecule is CC(=O)C1=CC2OC(F)(F)C(F)(F)OC2C=C1. The van der Waals surface area contributed by atoms with Gasteiger partial charge in [0.25, 0.3) is 0 Å². The molecule has 94 valence electrons. The zero-order valence-electron chi connectivity index (χ0n) is 8.62. The number of Topliss-reactive ketones (excluding diaryl/α,β-unsaturated/α-hetero) is 1. The molecule has 0 bridgehead atoms. The van der Waals surface area contributed by atoms with Crippen LogP contribution in [-0.2, 0) is 14.3 Å². The van der Waals surface area contributed by atoms with Crippen molar-refractivity contribution in [1.82, 2.24) is 0 Å². The molecule has 2 rings (SSSR count). The van der Waals surface area contributed by atoms with Crippen LogP contribution < -0.4 is 0 Å². The van der Waals surface area contributed by atoms with Gasteiger partial charge in [0.2, 0.25) is 0 Å². The quantitative estimate of drug-likeness (QED) is 0.670. The molecule has 7 heteroatoms. The predicted molar refractivity (Wildman–Crippen MR) is 47.5 cm³/mol. The summed E-state index contributed by atoms with van der Waals surface area (Å²) in [5, 5.41) is 0. The maximum absolute atomic E-state index is 12.8. The fourth-order valence-electron chi connectivity index (χ4n) is 1.56. The molecule has 0 aromatic rings. The first-order valence-electron chi connectivity index (χ1n) is 4.75. The minimum Gasteiger partial charge on any atom is -0.303 e. The van der Waals surface area contributed by atoms with Crippen LogP contribution in [0.15, 0.2) is 23.8 Å². The van der Waals surface area contributed by atoms with Crippen molar-refractivity contribution in [2.45, 2.75) is 31.3 Å². The molecule has 1 aliphatic carbocycles. The van der Waals surface area contributed by atoms with Crippen molar-refractivity contribution in [3.63, 3.8) is 0 Å². The molecular formula is C10H8F4O3. The fourth-order valence-corrected chi connectivity index (χ4v) is 1.56. The normalized spacial score (nSPS) is 33.8. The molecule has 2 aliphatic rings. The summed E-state index contributed by atoms with van der Waals surface area (Å²) in [5.41, 5.74) is 0.121. The first-order chi connectivity index (χ1) is 7.73. The minimum atomic E-state index is -4.71. The second kappa shape index (κ2) is 3.64. The Morgan fingerprint density at radius 1 is 1.18 bits per heavy atom. The van der Waals surface area contributed by atoms with E-state index in [1.165, 1.54) is 13.0 Å². The number of alkyl halides is 4. The van der Waals surface area contributed by atoms with Gasteiger partial charge in [0.1, 0.15) is 12.2 Å². The van der Waals surface area contributed by atoms with Crippen molar-refractivity contribution in [2.75, 3.05) is 0 Å².